The summed E-state index contributed by atoms with van der Waals surface area (Å²) in [5, 5.41) is 6.59. The molecule has 2 amide bonds. The van der Waals surface area contributed by atoms with Crippen LogP contribution in [-0.4, -0.2) is 65.2 Å². The van der Waals surface area contributed by atoms with E-state index in [1.54, 1.807) is 4.90 Å². The number of carbonyl (C=O) groups is 3. The summed E-state index contributed by atoms with van der Waals surface area (Å²) in [5.41, 5.74) is -2.42. The number of oxime groups is 1. The van der Waals surface area contributed by atoms with E-state index in [0.29, 0.717) is 31.2 Å². The number of esters is 1. The first-order valence-electron chi connectivity index (χ1n) is 14.8. The van der Waals surface area contributed by atoms with Crippen LogP contribution < -0.4 is 15.5 Å². The Bertz CT molecular complexity index is 1590. The molecule has 0 aliphatic carbocycles. The van der Waals surface area contributed by atoms with Crippen molar-refractivity contribution < 1.29 is 42.2 Å². The zero-order valence-corrected chi connectivity index (χ0v) is 25.6. The van der Waals surface area contributed by atoms with E-state index in [1.807, 2.05) is 20.8 Å². The van der Waals surface area contributed by atoms with Gasteiger partial charge in [-0.1, -0.05) is 25.1 Å². The van der Waals surface area contributed by atoms with Gasteiger partial charge < -0.3 is 33.8 Å². The molecule has 1 aromatic heterocycles. The number of nitrogens with one attached hydrogen (secondary N) is 1. The van der Waals surface area contributed by atoms with E-state index in [-0.39, 0.29) is 49.1 Å². The van der Waals surface area contributed by atoms with Crippen molar-refractivity contribution in [2.24, 2.45) is 11.1 Å². The van der Waals surface area contributed by atoms with Crippen molar-refractivity contribution in [3.05, 3.63) is 63.1 Å². The molecular weight excluding hydrogens is 594 g/mol. The molecule has 0 unspecified atom stereocenters. The Balaban J connectivity index is 1.54. The van der Waals surface area contributed by atoms with Crippen molar-refractivity contribution in [1.29, 1.82) is 0 Å². The first kappa shape index (κ1) is 31.9. The van der Waals surface area contributed by atoms with Crippen LogP contribution in [0.5, 0.6) is 5.75 Å². The average Bonchev–Trinajstić information content (AvgIpc) is 3.38. The number of nitrogens with zero attached hydrogens (tertiary/aromatic N) is 3. The number of ether oxygens (including phenoxy) is 3. The Morgan fingerprint density at radius 2 is 2.02 bits per heavy atom. The monoisotopic (exact) mass is 630 g/mol. The summed E-state index contributed by atoms with van der Waals surface area (Å²) >= 11 is 0. The summed E-state index contributed by atoms with van der Waals surface area (Å²) in [6, 6.07) is 2.07. The van der Waals surface area contributed by atoms with E-state index in [0.717, 1.165) is 6.07 Å². The van der Waals surface area contributed by atoms with Crippen LogP contribution in [0.15, 0.2) is 34.3 Å². The maximum atomic E-state index is 14.3. The van der Waals surface area contributed by atoms with Gasteiger partial charge in [-0.2, -0.15) is 0 Å². The van der Waals surface area contributed by atoms with Crippen LogP contribution in [0, 0.1) is 17.6 Å². The number of aromatic nitrogens is 1. The number of fused-ring (bicyclic) bond motifs is 5. The lowest BCUT2D eigenvalue weighted by molar-refractivity contribution is -0.150. The van der Waals surface area contributed by atoms with Gasteiger partial charge in [-0.3, -0.25) is 19.2 Å². The molecule has 2 aromatic rings. The first-order chi connectivity index (χ1) is 21.4. The second kappa shape index (κ2) is 12.9. The van der Waals surface area contributed by atoms with Gasteiger partial charge in [-0.05, 0) is 38.2 Å². The quantitative estimate of drug-likeness (QED) is 0.327. The molecule has 1 fully saturated rings. The van der Waals surface area contributed by atoms with Gasteiger partial charge in [0.1, 0.15) is 17.2 Å². The standard InChI is InChI=1S/C31H36F2N4O8/c1-17(2)5-8-25(38)43-16-44-28-26-30(41)36-15-23(31(10-9-18(36)3)12-24(42-4)35-45-31)37(26)14-21(27(28)39)29(40)34-13-19-6-7-20(32)11-22(19)33/h6-7,11,14,17-18,23H,5,8-10,12-13,15-16H2,1-4H3,(H,34,40)/t18-,23+,31-/m0/s1. The molecule has 5 rings (SSSR count). The number of halogens is 2. The number of methoxy groups -OCH3 is 1. The second-order valence-corrected chi connectivity index (χ2v) is 12.0. The normalized spacial score (nSPS) is 22.0. The Kier molecular flexibility index (Phi) is 9.12. The number of benzene rings is 1. The molecule has 3 aliphatic rings. The number of rotatable bonds is 9. The van der Waals surface area contributed by atoms with Crippen molar-refractivity contribution in [3.63, 3.8) is 0 Å². The van der Waals surface area contributed by atoms with Gasteiger partial charge in [0.15, 0.2) is 11.3 Å². The van der Waals surface area contributed by atoms with E-state index >= 15 is 0 Å². The van der Waals surface area contributed by atoms with Crippen LogP contribution in [0.2, 0.25) is 0 Å². The summed E-state index contributed by atoms with van der Waals surface area (Å²) < 4.78 is 45.4. The van der Waals surface area contributed by atoms with E-state index in [9.17, 15) is 28.0 Å². The summed E-state index contributed by atoms with van der Waals surface area (Å²) in [6.45, 7) is 4.98. The van der Waals surface area contributed by atoms with Crippen molar-refractivity contribution >= 4 is 23.7 Å². The smallest absolute Gasteiger partial charge is 0.308 e. The fourth-order valence-electron chi connectivity index (χ4n) is 5.88. The third-order valence-electron chi connectivity index (χ3n) is 8.55. The van der Waals surface area contributed by atoms with Gasteiger partial charge in [0.2, 0.25) is 23.9 Å². The number of hydrogen-bond acceptors (Lipinski definition) is 9. The number of pyridine rings is 1. The molecule has 14 heteroatoms. The fourth-order valence-corrected chi connectivity index (χ4v) is 5.88. The van der Waals surface area contributed by atoms with E-state index in [4.69, 9.17) is 19.0 Å². The molecule has 12 nitrogen and oxygen atoms in total. The zero-order chi connectivity index (χ0) is 32.5. The van der Waals surface area contributed by atoms with Gasteiger partial charge in [0.25, 0.3) is 11.8 Å². The SMILES string of the molecule is COC1=NO[C@@]2(CC[C@H](C)N3C[C@H]2n2cc(C(=O)NCc4ccc(F)cc4F)c(=O)c(OCOC(=O)CCC(C)C)c2C3=O)C1. The van der Waals surface area contributed by atoms with Crippen LogP contribution in [0.4, 0.5) is 8.78 Å². The Morgan fingerprint density at radius 3 is 2.71 bits per heavy atom. The number of hydrogen-bond donors (Lipinski definition) is 1. The average molecular weight is 631 g/mol. The predicted octanol–water partition coefficient (Wildman–Crippen LogP) is 3.67. The molecule has 242 valence electrons. The molecular formula is C31H36F2N4O8. The fraction of sp³-hybridized carbons (Fsp3) is 0.516. The predicted molar refractivity (Wildman–Crippen MR) is 156 cm³/mol. The van der Waals surface area contributed by atoms with Crippen LogP contribution in [0.25, 0.3) is 0 Å². The summed E-state index contributed by atoms with van der Waals surface area (Å²) in [6.07, 6.45) is 3.31. The van der Waals surface area contributed by atoms with Crippen molar-refractivity contribution in [2.75, 3.05) is 20.4 Å². The van der Waals surface area contributed by atoms with Crippen molar-refractivity contribution in [1.82, 2.24) is 14.8 Å². The van der Waals surface area contributed by atoms with E-state index < -0.39 is 64.6 Å². The van der Waals surface area contributed by atoms with Gasteiger partial charge in [-0.15, -0.1) is 0 Å². The van der Waals surface area contributed by atoms with Crippen LogP contribution in [0.1, 0.15) is 85.3 Å². The molecule has 4 heterocycles. The molecule has 45 heavy (non-hydrogen) atoms. The third kappa shape index (κ3) is 6.36. The first-order valence-corrected chi connectivity index (χ1v) is 14.8. The van der Waals surface area contributed by atoms with Crippen molar-refractivity contribution in [3.8, 4) is 5.75 Å². The van der Waals surface area contributed by atoms with E-state index in [1.165, 1.54) is 23.9 Å². The molecule has 2 bridgehead atoms. The molecule has 0 saturated carbocycles. The molecule has 3 aliphatic heterocycles. The van der Waals surface area contributed by atoms with Crippen LogP contribution in [0.3, 0.4) is 0 Å². The minimum atomic E-state index is -0.968. The minimum absolute atomic E-state index is 0.00118. The highest BCUT2D eigenvalue weighted by molar-refractivity contribution is 5.99. The highest BCUT2D eigenvalue weighted by Gasteiger charge is 2.55. The summed E-state index contributed by atoms with van der Waals surface area (Å²) in [5.74, 6) is -3.42. The molecule has 1 N–H and O–H groups in total. The van der Waals surface area contributed by atoms with Crippen LogP contribution >= 0.6 is 0 Å². The molecule has 1 spiro atoms. The maximum Gasteiger partial charge on any atom is 0.308 e. The molecule has 3 atom stereocenters. The van der Waals surface area contributed by atoms with Gasteiger partial charge in [0, 0.05) is 43.4 Å². The minimum Gasteiger partial charge on any atom is -0.482 e. The Labute approximate surface area is 258 Å². The molecule has 0 radical (unpaired) electrons. The summed E-state index contributed by atoms with van der Waals surface area (Å²) in [4.78, 5) is 61.1. The Morgan fingerprint density at radius 1 is 1.24 bits per heavy atom. The lowest BCUT2D eigenvalue weighted by Gasteiger charge is -2.42. The maximum absolute atomic E-state index is 14.3. The molecule has 1 aromatic carbocycles. The van der Waals surface area contributed by atoms with E-state index in [2.05, 4.69) is 10.5 Å². The second-order valence-electron chi connectivity index (χ2n) is 12.0. The number of amides is 2. The van der Waals surface area contributed by atoms with Crippen molar-refractivity contribution in [2.45, 2.75) is 77.1 Å². The van der Waals surface area contributed by atoms with Gasteiger partial charge in [0.05, 0.1) is 19.6 Å². The Hall–Kier alpha value is -4.49. The lowest BCUT2D eigenvalue weighted by atomic mass is 9.85. The highest BCUT2D eigenvalue weighted by atomic mass is 19.1. The van der Waals surface area contributed by atoms with Gasteiger partial charge in [-0.25, -0.2) is 8.78 Å². The lowest BCUT2D eigenvalue weighted by Crippen LogP contribution is -2.52. The number of carbonyl (C=O) groups excluding carboxylic acids is 3. The third-order valence-corrected chi connectivity index (χ3v) is 8.55. The summed E-state index contributed by atoms with van der Waals surface area (Å²) in [7, 11) is 1.48. The zero-order valence-electron chi connectivity index (χ0n) is 25.6. The van der Waals surface area contributed by atoms with Gasteiger partial charge >= 0.3 is 5.97 Å². The topological polar surface area (TPSA) is 138 Å². The largest absolute Gasteiger partial charge is 0.482 e. The molecule has 1 saturated heterocycles. The van der Waals surface area contributed by atoms with Crippen LogP contribution in [-0.2, 0) is 25.7 Å². The highest BCUT2D eigenvalue weighted by Crippen LogP contribution is 2.46.